The summed E-state index contributed by atoms with van der Waals surface area (Å²) in [5.41, 5.74) is 9.33. The molecule has 206 valence electrons. The van der Waals surface area contributed by atoms with Crippen LogP contribution in [0.25, 0.3) is 80.9 Å². The number of fused-ring (bicyclic) bond motifs is 12. The number of hydrogen-bond donors (Lipinski definition) is 0. The summed E-state index contributed by atoms with van der Waals surface area (Å²) in [5.74, 6) is 0. The number of aromatic nitrogens is 1. The van der Waals surface area contributed by atoms with Crippen molar-refractivity contribution in [2.75, 3.05) is 0 Å². The molecule has 7 aromatic carbocycles. The molecular weight excluding hydrogens is 551 g/mol. The second kappa shape index (κ2) is 9.16. The predicted molar refractivity (Wildman–Crippen MR) is 191 cm³/mol. The maximum Gasteiger partial charge on any atom is 0.0541 e. The molecule has 44 heavy (non-hydrogen) atoms. The zero-order chi connectivity index (χ0) is 28.8. The lowest BCUT2D eigenvalue weighted by Crippen LogP contribution is -2.02. The molecule has 1 nitrogen and oxygen atoms in total. The lowest BCUT2D eigenvalue weighted by molar-refractivity contribution is 1.02. The second-order valence-corrected chi connectivity index (χ2v) is 13.1. The first-order valence-electron chi connectivity index (χ1n) is 15.4. The third kappa shape index (κ3) is 3.40. The molecule has 1 aliphatic rings. The van der Waals surface area contributed by atoms with Gasteiger partial charge in [0.1, 0.15) is 0 Å². The first kappa shape index (κ1) is 24.3. The zero-order valence-electron chi connectivity index (χ0n) is 24.0. The third-order valence-electron chi connectivity index (χ3n) is 9.71. The van der Waals surface area contributed by atoms with Crippen LogP contribution in [0.5, 0.6) is 0 Å². The Morgan fingerprint density at radius 3 is 1.98 bits per heavy atom. The molecule has 0 radical (unpaired) electrons. The van der Waals surface area contributed by atoms with E-state index in [9.17, 15) is 0 Å². The van der Waals surface area contributed by atoms with Crippen molar-refractivity contribution in [3.63, 3.8) is 0 Å². The van der Waals surface area contributed by atoms with Gasteiger partial charge < -0.3 is 4.57 Å². The molecule has 2 aromatic heterocycles. The summed E-state index contributed by atoms with van der Waals surface area (Å²) in [4.78, 5) is 0. The quantitative estimate of drug-likeness (QED) is 0.180. The van der Waals surface area contributed by atoms with Crippen LogP contribution in [0.3, 0.4) is 0 Å². The smallest absolute Gasteiger partial charge is 0.0541 e. The molecule has 0 saturated carbocycles. The van der Waals surface area contributed by atoms with Crippen molar-refractivity contribution in [2.24, 2.45) is 0 Å². The van der Waals surface area contributed by atoms with E-state index in [0.29, 0.717) is 0 Å². The van der Waals surface area contributed by atoms with Gasteiger partial charge in [0.2, 0.25) is 0 Å². The molecule has 0 aliphatic heterocycles. The van der Waals surface area contributed by atoms with Crippen LogP contribution in [0.4, 0.5) is 0 Å². The molecular formula is C42H27NS. The Morgan fingerprint density at radius 2 is 1.11 bits per heavy atom. The summed E-state index contributed by atoms with van der Waals surface area (Å²) >= 11 is 1.87. The van der Waals surface area contributed by atoms with Crippen LogP contribution >= 0.6 is 11.3 Å². The molecule has 0 atom stereocenters. The van der Waals surface area contributed by atoms with E-state index < -0.39 is 0 Å². The fourth-order valence-electron chi connectivity index (χ4n) is 7.71. The van der Waals surface area contributed by atoms with Crippen molar-refractivity contribution in [1.82, 2.24) is 4.57 Å². The van der Waals surface area contributed by atoms with E-state index in [1.807, 2.05) is 11.3 Å². The zero-order valence-corrected chi connectivity index (χ0v) is 24.9. The number of aryl methyl sites for hydroxylation is 1. The van der Waals surface area contributed by atoms with Crippen molar-refractivity contribution in [1.29, 1.82) is 0 Å². The number of benzene rings is 7. The average Bonchev–Trinajstić information content (AvgIpc) is 3.63. The van der Waals surface area contributed by atoms with Crippen LogP contribution in [0.15, 0.2) is 133 Å². The van der Waals surface area contributed by atoms with Gasteiger partial charge in [0.15, 0.2) is 0 Å². The highest BCUT2D eigenvalue weighted by atomic mass is 32.1. The van der Waals surface area contributed by atoms with E-state index in [2.05, 4.69) is 144 Å². The van der Waals surface area contributed by atoms with Crippen LogP contribution in [0.2, 0.25) is 0 Å². The van der Waals surface area contributed by atoms with Gasteiger partial charge in [-0.15, -0.1) is 11.3 Å². The number of thiophene rings is 1. The highest BCUT2D eigenvalue weighted by molar-refractivity contribution is 7.25. The molecule has 0 N–H and O–H groups in total. The SMILES string of the molecule is C1=C(c2ccc3c(c2)c2ccccc2n3-c2ccc3sc4ccccc4c3c2)CCc2c1c1ccccc1c1ccccc21. The largest absolute Gasteiger partial charge is 0.309 e. The minimum Gasteiger partial charge on any atom is -0.309 e. The predicted octanol–water partition coefficient (Wildman–Crippen LogP) is 11.9. The molecule has 9 aromatic rings. The Labute approximate surface area is 258 Å². The summed E-state index contributed by atoms with van der Waals surface area (Å²) < 4.78 is 5.13. The van der Waals surface area contributed by atoms with Crippen LogP contribution in [-0.4, -0.2) is 4.57 Å². The molecule has 2 heteroatoms. The van der Waals surface area contributed by atoms with Crippen LogP contribution in [-0.2, 0) is 6.42 Å². The highest BCUT2D eigenvalue weighted by Crippen LogP contribution is 2.42. The third-order valence-corrected chi connectivity index (χ3v) is 10.9. The monoisotopic (exact) mass is 577 g/mol. The van der Waals surface area contributed by atoms with Gasteiger partial charge in [-0.1, -0.05) is 97.1 Å². The van der Waals surface area contributed by atoms with Crippen LogP contribution in [0, 0.1) is 0 Å². The van der Waals surface area contributed by atoms with Gasteiger partial charge in [0, 0.05) is 36.6 Å². The Kier molecular flexibility index (Phi) is 5.05. The second-order valence-electron chi connectivity index (χ2n) is 12.0. The number of nitrogens with zero attached hydrogens (tertiary/aromatic N) is 1. The fourth-order valence-corrected chi connectivity index (χ4v) is 8.80. The molecule has 0 saturated heterocycles. The minimum atomic E-state index is 1.04. The Bertz CT molecular complexity index is 2660. The van der Waals surface area contributed by atoms with Gasteiger partial charge in [-0.05, 0) is 99.1 Å². The van der Waals surface area contributed by atoms with Crippen molar-refractivity contribution in [3.05, 3.63) is 150 Å². The Morgan fingerprint density at radius 1 is 0.455 bits per heavy atom. The molecule has 0 unspecified atom stereocenters. The maximum absolute atomic E-state index is 2.48. The lowest BCUT2D eigenvalue weighted by Gasteiger charge is -2.22. The molecule has 0 fully saturated rings. The van der Waals surface area contributed by atoms with Gasteiger partial charge in [0.05, 0.1) is 11.0 Å². The van der Waals surface area contributed by atoms with Crippen molar-refractivity contribution in [2.45, 2.75) is 12.8 Å². The van der Waals surface area contributed by atoms with Crippen LogP contribution in [0.1, 0.15) is 23.1 Å². The molecule has 0 bridgehead atoms. The average molecular weight is 578 g/mol. The lowest BCUT2D eigenvalue weighted by atomic mass is 9.82. The van der Waals surface area contributed by atoms with E-state index >= 15 is 0 Å². The van der Waals surface area contributed by atoms with Crippen molar-refractivity contribution >= 4 is 86.5 Å². The summed E-state index contributed by atoms with van der Waals surface area (Å²) in [6.45, 7) is 0. The summed E-state index contributed by atoms with van der Waals surface area (Å²) in [6.07, 6.45) is 4.58. The Balaban J connectivity index is 1.18. The fraction of sp³-hybridized carbons (Fsp3) is 0.0476. The Hall–Kier alpha value is -5.18. The molecule has 2 heterocycles. The van der Waals surface area contributed by atoms with E-state index in [0.717, 1.165) is 12.8 Å². The van der Waals surface area contributed by atoms with Crippen molar-refractivity contribution < 1.29 is 0 Å². The summed E-state index contributed by atoms with van der Waals surface area (Å²) in [6, 6.07) is 49.5. The van der Waals surface area contributed by atoms with Gasteiger partial charge in [-0.2, -0.15) is 0 Å². The number of rotatable bonds is 2. The van der Waals surface area contributed by atoms with E-state index in [1.165, 1.54) is 91.5 Å². The summed E-state index contributed by atoms with van der Waals surface area (Å²) in [7, 11) is 0. The highest BCUT2D eigenvalue weighted by Gasteiger charge is 2.20. The molecule has 0 amide bonds. The van der Waals surface area contributed by atoms with Crippen molar-refractivity contribution in [3.8, 4) is 5.69 Å². The normalized spacial score (nSPS) is 13.4. The molecule has 1 aliphatic carbocycles. The van der Waals surface area contributed by atoms with Crippen LogP contribution < -0.4 is 0 Å². The number of allylic oxidation sites excluding steroid dienone is 1. The first-order valence-corrected chi connectivity index (χ1v) is 16.2. The first-order chi connectivity index (χ1) is 21.8. The van der Waals surface area contributed by atoms with Gasteiger partial charge in [-0.3, -0.25) is 0 Å². The van der Waals surface area contributed by atoms with E-state index in [1.54, 1.807) is 0 Å². The standard InChI is InChI=1S/C42H27NS/c1-2-11-31-29(9-1)30-10-3-4-12-32(30)36-23-26(17-20-33(31)36)27-18-21-40-37(24-27)34-13-5-7-15-39(34)43(40)28-19-22-42-38(25-28)35-14-6-8-16-41(35)44-42/h1-16,18-19,21-25H,17,20H2. The van der Waals surface area contributed by atoms with Gasteiger partial charge in [-0.25, -0.2) is 0 Å². The number of para-hydroxylation sites is 1. The maximum atomic E-state index is 2.48. The molecule has 0 spiro atoms. The minimum absolute atomic E-state index is 1.04. The topological polar surface area (TPSA) is 4.93 Å². The van der Waals surface area contributed by atoms with E-state index in [4.69, 9.17) is 0 Å². The van der Waals surface area contributed by atoms with Gasteiger partial charge >= 0.3 is 0 Å². The summed E-state index contributed by atoms with van der Waals surface area (Å²) in [5, 5.41) is 10.7. The van der Waals surface area contributed by atoms with E-state index in [-0.39, 0.29) is 0 Å². The molecule has 10 rings (SSSR count). The van der Waals surface area contributed by atoms with Gasteiger partial charge in [0.25, 0.3) is 0 Å². The number of hydrogen-bond acceptors (Lipinski definition) is 1.